The van der Waals surface area contributed by atoms with Gasteiger partial charge in [0.15, 0.2) is 0 Å². The molecule has 3 aromatic carbocycles. The zero-order valence-electron chi connectivity index (χ0n) is 29.7. The molecule has 0 bridgehead atoms. The van der Waals surface area contributed by atoms with Gasteiger partial charge in [0, 0.05) is 62.8 Å². The maximum absolute atomic E-state index is 11.0. The lowest BCUT2D eigenvalue weighted by atomic mass is 9.72. The van der Waals surface area contributed by atoms with E-state index in [1.165, 1.54) is 16.7 Å². The fourth-order valence-corrected chi connectivity index (χ4v) is 8.54. The van der Waals surface area contributed by atoms with Crippen molar-refractivity contribution in [2.24, 2.45) is 5.92 Å². The summed E-state index contributed by atoms with van der Waals surface area (Å²) in [5.41, 5.74) is 7.64. The van der Waals surface area contributed by atoms with E-state index in [1.807, 2.05) is 12.1 Å². The van der Waals surface area contributed by atoms with Crippen molar-refractivity contribution in [3.05, 3.63) is 112 Å². The normalized spacial score (nSPS) is 21.8. The first-order chi connectivity index (χ1) is 25.1. The molecule has 9 nitrogen and oxygen atoms in total. The molecule has 51 heavy (non-hydrogen) atoms. The van der Waals surface area contributed by atoms with Crippen molar-refractivity contribution in [1.29, 1.82) is 5.26 Å². The van der Waals surface area contributed by atoms with Gasteiger partial charge in [-0.3, -0.25) is 0 Å². The van der Waals surface area contributed by atoms with Gasteiger partial charge in [0.1, 0.15) is 17.5 Å². The fourth-order valence-electron chi connectivity index (χ4n) is 8.54. The second kappa shape index (κ2) is 15.0. The second-order valence-electron chi connectivity index (χ2n) is 14.7. The van der Waals surface area contributed by atoms with Crippen LogP contribution in [0.1, 0.15) is 64.8 Å². The molecule has 1 aliphatic carbocycles. The van der Waals surface area contributed by atoms with Crippen LogP contribution >= 0.6 is 0 Å². The van der Waals surface area contributed by atoms with Crippen LogP contribution in [-0.4, -0.2) is 67.9 Å². The number of benzene rings is 3. The van der Waals surface area contributed by atoms with Crippen LogP contribution in [0.2, 0.25) is 0 Å². The Kier molecular flexibility index (Phi) is 9.90. The van der Waals surface area contributed by atoms with E-state index in [-0.39, 0.29) is 0 Å². The number of hydrogen-bond acceptors (Lipinski definition) is 9. The van der Waals surface area contributed by atoms with Crippen LogP contribution in [0.3, 0.4) is 0 Å². The predicted octanol–water partition coefficient (Wildman–Crippen LogP) is 6.42. The van der Waals surface area contributed by atoms with E-state index in [0.717, 1.165) is 93.2 Å². The number of fused-ring (bicyclic) bond motifs is 3. The minimum absolute atomic E-state index is 0.391. The highest BCUT2D eigenvalue weighted by molar-refractivity contribution is 5.67. The summed E-state index contributed by atoms with van der Waals surface area (Å²) in [6, 6.07) is 28.6. The average molecular weight is 685 g/mol. The lowest BCUT2D eigenvalue weighted by Gasteiger charge is -2.44. The molecule has 4 aliphatic rings. The van der Waals surface area contributed by atoms with E-state index in [0.29, 0.717) is 56.8 Å². The number of likely N-dealkylation sites (tertiary alicyclic amines) is 1. The van der Waals surface area contributed by atoms with Gasteiger partial charge in [0.05, 0.1) is 36.8 Å². The molecule has 1 spiro atoms. The molecule has 0 saturated carbocycles. The maximum Gasteiger partial charge on any atom is 0.318 e. The first kappa shape index (κ1) is 33.6. The zero-order chi connectivity index (χ0) is 34.6. The Morgan fingerprint density at radius 2 is 1.73 bits per heavy atom. The van der Waals surface area contributed by atoms with E-state index < -0.39 is 5.60 Å². The molecule has 2 saturated heterocycles. The maximum atomic E-state index is 11.0. The highest BCUT2D eigenvalue weighted by Crippen LogP contribution is 2.49. The molecular formula is C42H48N6O3. The number of anilines is 2. The van der Waals surface area contributed by atoms with E-state index >= 15 is 0 Å². The Morgan fingerprint density at radius 1 is 0.941 bits per heavy atom. The fraction of sp³-hybridized carbons (Fsp3) is 0.452. The van der Waals surface area contributed by atoms with Gasteiger partial charge in [-0.2, -0.15) is 15.2 Å². The minimum Gasteiger partial charge on any atom is -0.463 e. The Labute approximate surface area is 301 Å². The Hall–Kier alpha value is -4.49. The van der Waals surface area contributed by atoms with E-state index in [9.17, 15) is 5.26 Å². The smallest absolute Gasteiger partial charge is 0.318 e. The largest absolute Gasteiger partial charge is 0.463 e. The van der Waals surface area contributed by atoms with Crippen molar-refractivity contribution < 1.29 is 14.2 Å². The predicted molar refractivity (Wildman–Crippen MR) is 198 cm³/mol. The molecule has 0 N–H and O–H groups in total. The number of nitriles is 1. The summed E-state index contributed by atoms with van der Waals surface area (Å²) in [5.74, 6) is 1.37. The zero-order valence-corrected chi connectivity index (χ0v) is 29.7. The van der Waals surface area contributed by atoms with E-state index in [1.54, 1.807) is 0 Å². The lowest BCUT2D eigenvalue weighted by molar-refractivity contribution is -0.0857. The van der Waals surface area contributed by atoms with Crippen molar-refractivity contribution >= 4 is 11.5 Å². The quantitative estimate of drug-likeness (QED) is 0.198. The van der Waals surface area contributed by atoms with E-state index in [4.69, 9.17) is 24.2 Å². The summed E-state index contributed by atoms with van der Waals surface area (Å²) in [5, 5.41) is 11.0. The van der Waals surface area contributed by atoms with Crippen molar-refractivity contribution in [2.75, 3.05) is 62.8 Å². The molecule has 0 radical (unpaired) electrons. The molecule has 3 aliphatic heterocycles. The van der Waals surface area contributed by atoms with Gasteiger partial charge < -0.3 is 28.9 Å². The van der Waals surface area contributed by atoms with Gasteiger partial charge in [0.2, 0.25) is 0 Å². The van der Waals surface area contributed by atoms with Crippen molar-refractivity contribution in [3.63, 3.8) is 0 Å². The second-order valence-corrected chi connectivity index (χ2v) is 14.7. The molecule has 2 atom stereocenters. The standard InChI is InChI=1S/C42H48N6O3/c1-46-20-17-33(26-46)29-50-41-44-37-24-42(51-30-36(37)40(45-41)47-19-9-22-49-23-21-47)18-8-14-34-15-16-38(35(25-43)39(34)42)48(27-31-10-4-2-5-11-31)28-32-12-6-3-7-13-32/h2-7,10-13,15-16,33H,8-9,14,17-24,26-30H2,1H3/t33-,42?/m1/s1. The summed E-state index contributed by atoms with van der Waals surface area (Å²) in [6.45, 7) is 7.55. The number of nitrogens with zero attached hydrogens (tertiary/aromatic N) is 6. The Bertz CT molecular complexity index is 1810. The van der Waals surface area contributed by atoms with Crippen LogP contribution in [0.25, 0.3) is 0 Å². The first-order valence-corrected chi connectivity index (χ1v) is 18.7. The lowest BCUT2D eigenvalue weighted by Crippen LogP contribution is -2.42. The molecule has 9 heteroatoms. The van der Waals surface area contributed by atoms with Gasteiger partial charge in [-0.05, 0) is 68.5 Å². The molecule has 264 valence electrons. The SMILES string of the molecule is CN1CC[C@@H](COc2nc3c(c(N4CCCOCC4)n2)COC2(CCCc4ccc(N(Cc5ccccc5)Cc5ccccc5)c(C#N)c42)C3)C1. The number of aromatic nitrogens is 2. The van der Waals surface area contributed by atoms with Gasteiger partial charge >= 0.3 is 6.01 Å². The Balaban J connectivity index is 1.18. The summed E-state index contributed by atoms with van der Waals surface area (Å²) in [6.07, 6.45) is 5.38. The third kappa shape index (κ3) is 7.18. The minimum atomic E-state index is -0.661. The van der Waals surface area contributed by atoms with Crippen molar-refractivity contribution in [1.82, 2.24) is 14.9 Å². The number of hydrogen-bond donors (Lipinski definition) is 0. The van der Waals surface area contributed by atoms with Gasteiger partial charge in [-0.15, -0.1) is 0 Å². The van der Waals surface area contributed by atoms with Gasteiger partial charge in [0.25, 0.3) is 0 Å². The van der Waals surface area contributed by atoms with Crippen LogP contribution in [-0.2, 0) is 47.6 Å². The summed E-state index contributed by atoms with van der Waals surface area (Å²) in [7, 11) is 2.17. The number of aryl methyl sites for hydroxylation is 1. The number of rotatable bonds is 9. The highest BCUT2D eigenvalue weighted by Gasteiger charge is 2.45. The summed E-state index contributed by atoms with van der Waals surface area (Å²) < 4.78 is 19.3. The van der Waals surface area contributed by atoms with Crippen LogP contribution in [0.5, 0.6) is 6.01 Å². The third-order valence-electron chi connectivity index (χ3n) is 11.1. The molecular weight excluding hydrogens is 637 g/mol. The summed E-state index contributed by atoms with van der Waals surface area (Å²) >= 11 is 0. The Morgan fingerprint density at radius 3 is 2.45 bits per heavy atom. The van der Waals surface area contributed by atoms with Crippen LogP contribution in [0.4, 0.5) is 11.5 Å². The van der Waals surface area contributed by atoms with Crippen molar-refractivity contribution in [3.8, 4) is 12.1 Å². The molecule has 8 rings (SSSR count). The van der Waals surface area contributed by atoms with Crippen LogP contribution < -0.4 is 14.5 Å². The molecule has 2 fully saturated rings. The van der Waals surface area contributed by atoms with Gasteiger partial charge in [-0.1, -0.05) is 66.7 Å². The van der Waals surface area contributed by atoms with Crippen molar-refractivity contribution in [2.45, 2.75) is 63.8 Å². The topological polar surface area (TPSA) is 87.0 Å². The third-order valence-corrected chi connectivity index (χ3v) is 11.1. The van der Waals surface area contributed by atoms with Crippen LogP contribution in [0.15, 0.2) is 72.8 Å². The van der Waals surface area contributed by atoms with Gasteiger partial charge in [-0.25, -0.2) is 0 Å². The van der Waals surface area contributed by atoms with E-state index in [2.05, 4.69) is 88.5 Å². The molecule has 0 amide bonds. The monoisotopic (exact) mass is 684 g/mol. The molecule has 1 aromatic heterocycles. The molecule has 4 heterocycles. The molecule has 1 unspecified atom stereocenters. The highest BCUT2D eigenvalue weighted by atomic mass is 16.5. The van der Waals surface area contributed by atoms with Crippen LogP contribution in [0, 0.1) is 17.2 Å². The number of ether oxygens (including phenoxy) is 3. The molecule has 4 aromatic rings. The average Bonchev–Trinajstić information content (AvgIpc) is 3.39. The first-order valence-electron chi connectivity index (χ1n) is 18.7. The summed E-state index contributed by atoms with van der Waals surface area (Å²) in [4.78, 5) is 17.2.